The number of hydrogen-bond donors (Lipinski definition) is 3. The van der Waals surface area contributed by atoms with E-state index in [0.717, 1.165) is 4.57 Å². The Bertz CT molecular complexity index is 1350. The molecule has 0 unspecified atom stereocenters. The van der Waals surface area contributed by atoms with Crippen LogP contribution >= 0.6 is 0 Å². The predicted octanol–water partition coefficient (Wildman–Crippen LogP) is -0.0616. The van der Waals surface area contributed by atoms with Gasteiger partial charge in [0.15, 0.2) is 11.4 Å². The number of aromatic amines is 1. The smallest absolute Gasteiger partial charge is 0.376 e. The minimum atomic E-state index is -1.40. The maximum Gasteiger partial charge on any atom is 0.376 e. The van der Waals surface area contributed by atoms with Crippen LogP contribution in [0.15, 0.2) is 39.1 Å². The summed E-state index contributed by atoms with van der Waals surface area (Å²) in [7, 11) is 0. The number of nitrogens with one attached hydrogen (secondary N) is 1. The highest BCUT2D eigenvalue weighted by Crippen LogP contribution is 2.38. The fourth-order valence-corrected chi connectivity index (χ4v) is 3.29. The molecule has 3 heterocycles. The first-order valence-electron chi connectivity index (χ1n) is 9.46. The fourth-order valence-electron chi connectivity index (χ4n) is 3.29. The molecule has 3 aromatic heterocycles. The third-order valence-electron chi connectivity index (χ3n) is 4.65. The molecule has 32 heavy (non-hydrogen) atoms. The number of azo groups is 1. The lowest BCUT2D eigenvalue weighted by Gasteiger charge is -2.06. The third-order valence-corrected chi connectivity index (χ3v) is 4.65. The summed E-state index contributed by atoms with van der Waals surface area (Å²) in [4.78, 5) is 23.8. The summed E-state index contributed by atoms with van der Waals surface area (Å²) in [6.07, 6.45) is 1.09. The van der Waals surface area contributed by atoms with Gasteiger partial charge in [-0.1, -0.05) is 25.1 Å². The largest absolute Gasteiger partial charge is 0.548 e. The molecule has 1 amide bonds. The average Bonchev–Trinajstić information content (AvgIpc) is 3.44. The van der Waals surface area contributed by atoms with Crippen LogP contribution in [0.4, 0.5) is 11.5 Å². The Kier molecular flexibility index (Phi) is 5.32. The number of aromatic nitrogens is 6. The van der Waals surface area contributed by atoms with Crippen LogP contribution in [0.5, 0.6) is 5.88 Å². The van der Waals surface area contributed by atoms with Crippen molar-refractivity contribution in [1.29, 1.82) is 0 Å². The summed E-state index contributed by atoms with van der Waals surface area (Å²) in [5, 5.41) is 43.3. The molecule has 1 aromatic carbocycles. The number of amides is 1. The molecular formula is C18H17N9O5. The van der Waals surface area contributed by atoms with E-state index in [1.807, 2.05) is 6.92 Å². The van der Waals surface area contributed by atoms with E-state index in [1.165, 1.54) is 4.68 Å². The Balaban J connectivity index is 1.73. The van der Waals surface area contributed by atoms with Gasteiger partial charge in [-0.05, 0) is 22.7 Å². The topological polar surface area (TPSA) is 205 Å². The van der Waals surface area contributed by atoms with Crippen LogP contribution in [-0.4, -0.2) is 42.2 Å². The molecule has 0 spiro atoms. The van der Waals surface area contributed by atoms with E-state index in [-0.39, 0.29) is 23.0 Å². The number of fused-ring (bicyclic) bond motifs is 1. The summed E-state index contributed by atoms with van der Waals surface area (Å²) in [5.74, 6) is -2.51. The van der Waals surface area contributed by atoms with Crippen LogP contribution in [0.3, 0.4) is 0 Å². The lowest BCUT2D eigenvalue weighted by molar-refractivity contribution is -0.670. The zero-order valence-electron chi connectivity index (χ0n) is 16.7. The number of nitrogen functional groups attached to an aromatic ring is 1. The Morgan fingerprint density at radius 3 is 2.81 bits per heavy atom. The molecular weight excluding hydrogens is 422 g/mol. The molecule has 4 rings (SSSR count). The molecule has 14 nitrogen and oxygen atoms in total. The van der Waals surface area contributed by atoms with Gasteiger partial charge in [-0.25, -0.2) is 0 Å². The van der Waals surface area contributed by atoms with E-state index in [2.05, 4.69) is 35.5 Å². The van der Waals surface area contributed by atoms with Gasteiger partial charge in [0, 0.05) is 11.8 Å². The molecule has 0 fully saturated rings. The number of anilines is 1. The second kappa shape index (κ2) is 8.25. The van der Waals surface area contributed by atoms with Crippen LogP contribution < -0.4 is 15.5 Å². The summed E-state index contributed by atoms with van der Waals surface area (Å²) < 4.78 is 7.06. The number of benzene rings is 1. The van der Waals surface area contributed by atoms with Gasteiger partial charge in [-0.3, -0.25) is 4.79 Å². The van der Waals surface area contributed by atoms with Crippen molar-refractivity contribution >= 4 is 34.3 Å². The number of aliphatic carboxylic acids is 1. The number of para-hydroxylation sites is 1. The number of carboxylic acid groups (broad SMARTS) is 1. The van der Waals surface area contributed by atoms with Crippen molar-refractivity contribution in [3.63, 3.8) is 0 Å². The van der Waals surface area contributed by atoms with Gasteiger partial charge in [0.1, 0.15) is 5.16 Å². The number of nitrogens with two attached hydrogens (primary N) is 1. The Labute approximate surface area is 178 Å². The maximum absolute atomic E-state index is 12.8. The van der Waals surface area contributed by atoms with Crippen LogP contribution in [0.25, 0.3) is 16.7 Å². The molecule has 0 radical (unpaired) electrons. The van der Waals surface area contributed by atoms with Crippen LogP contribution in [0.1, 0.15) is 29.5 Å². The zero-order chi connectivity index (χ0) is 22.8. The SMILES string of the molecule is CCCc1c(C(=O)N=Nc2c(O)n(CC(=O)[O-])c3ccccc23)n[nH][n+]1-c1nonc1N. The highest BCUT2D eigenvalue weighted by Gasteiger charge is 2.30. The molecule has 0 aliphatic heterocycles. The van der Waals surface area contributed by atoms with Gasteiger partial charge < -0.3 is 25.3 Å². The van der Waals surface area contributed by atoms with Crippen molar-refractivity contribution in [3.05, 3.63) is 35.7 Å². The summed E-state index contributed by atoms with van der Waals surface area (Å²) >= 11 is 0. The number of rotatable bonds is 7. The molecule has 0 bridgehead atoms. The Morgan fingerprint density at radius 1 is 1.34 bits per heavy atom. The summed E-state index contributed by atoms with van der Waals surface area (Å²) in [5.41, 5.74) is 6.47. The third kappa shape index (κ3) is 3.53. The van der Waals surface area contributed by atoms with E-state index in [1.54, 1.807) is 24.3 Å². The van der Waals surface area contributed by atoms with E-state index in [4.69, 9.17) is 5.73 Å². The first kappa shape index (κ1) is 20.6. The second-order valence-corrected chi connectivity index (χ2v) is 6.72. The van der Waals surface area contributed by atoms with Crippen molar-refractivity contribution in [2.45, 2.75) is 26.3 Å². The minimum absolute atomic E-state index is 0.00211. The van der Waals surface area contributed by atoms with Crippen LogP contribution in [0, 0.1) is 0 Å². The van der Waals surface area contributed by atoms with Crippen molar-refractivity contribution < 1.29 is 29.1 Å². The Morgan fingerprint density at radius 2 is 2.12 bits per heavy atom. The predicted molar refractivity (Wildman–Crippen MR) is 104 cm³/mol. The summed E-state index contributed by atoms with van der Waals surface area (Å²) in [6, 6.07) is 6.57. The van der Waals surface area contributed by atoms with Crippen molar-refractivity contribution in [2.75, 3.05) is 5.73 Å². The molecule has 4 N–H and O–H groups in total. The van der Waals surface area contributed by atoms with E-state index in [9.17, 15) is 19.8 Å². The standard InChI is InChI=1S/C18H17N9O5/c1-2-5-11-14(21-25-27(11)16-15(19)23-32-24-16)17(30)22-20-13-9-6-3-4-7-10(9)26(18(13)31)8-12(28)29/h3-4,6-7H,2,5,8H2,1H3,(H4,19,22,23,28,29,30,31). The Hall–Kier alpha value is -4.62. The molecule has 0 aliphatic rings. The maximum atomic E-state index is 12.8. The number of H-pyrrole nitrogens is 1. The lowest BCUT2D eigenvalue weighted by Crippen LogP contribution is -2.38. The average molecular weight is 439 g/mol. The van der Waals surface area contributed by atoms with Gasteiger partial charge in [0.25, 0.3) is 11.5 Å². The number of nitrogens with zero attached hydrogens (tertiary/aromatic N) is 7. The number of hydrogen-bond acceptors (Lipinski definition) is 10. The van der Waals surface area contributed by atoms with E-state index in [0.29, 0.717) is 29.4 Å². The first-order chi connectivity index (χ1) is 15.4. The molecule has 164 valence electrons. The molecule has 14 heteroatoms. The van der Waals surface area contributed by atoms with Crippen molar-refractivity contribution in [1.82, 2.24) is 25.2 Å². The highest BCUT2D eigenvalue weighted by atomic mass is 16.6. The minimum Gasteiger partial charge on any atom is -0.548 e. The molecule has 0 saturated carbocycles. The van der Waals surface area contributed by atoms with Gasteiger partial charge >= 0.3 is 11.7 Å². The van der Waals surface area contributed by atoms with Gasteiger partial charge in [0.05, 0.1) is 18.0 Å². The van der Waals surface area contributed by atoms with E-state index >= 15 is 0 Å². The molecule has 0 aliphatic carbocycles. The number of aromatic hydroxyl groups is 1. The second-order valence-electron chi connectivity index (χ2n) is 6.72. The molecule has 4 aromatic rings. The van der Waals surface area contributed by atoms with Crippen LogP contribution in [-0.2, 0) is 17.8 Å². The summed E-state index contributed by atoms with van der Waals surface area (Å²) in [6.45, 7) is 1.31. The lowest BCUT2D eigenvalue weighted by atomic mass is 10.2. The number of carboxylic acids is 1. The monoisotopic (exact) mass is 439 g/mol. The zero-order valence-corrected chi connectivity index (χ0v) is 16.7. The van der Waals surface area contributed by atoms with Crippen molar-refractivity contribution in [3.8, 4) is 11.7 Å². The first-order valence-corrected chi connectivity index (χ1v) is 9.46. The number of carbonyl (C=O) groups is 2. The van der Waals surface area contributed by atoms with Gasteiger partial charge in [-0.2, -0.15) is 4.63 Å². The van der Waals surface area contributed by atoms with Crippen molar-refractivity contribution in [2.24, 2.45) is 10.2 Å². The van der Waals surface area contributed by atoms with Crippen LogP contribution in [0.2, 0.25) is 0 Å². The quantitative estimate of drug-likeness (QED) is 0.260. The normalized spacial score (nSPS) is 11.5. The highest BCUT2D eigenvalue weighted by molar-refractivity contribution is 5.97. The van der Waals surface area contributed by atoms with Gasteiger partial charge in [0.2, 0.25) is 5.88 Å². The fraction of sp³-hybridized carbons (Fsp3) is 0.222. The van der Waals surface area contributed by atoms with Gasteiger partial charge in [-0.15, -0.1) is 20.1 Å². The molecule has 0 saturated heterocycles. The van der Waals surface area contributed by atoms with E-state index < -0.39 is 24.3 Å². The molecule has 0 atom stereocenters. The number of carbonyl (C=O) groups excluding carboxylic acids is 2.